The van der Waals surface area contributed by atoms with Crippen LogP contribution in [-0.2, 0) is 54.8 Å². The number of hydrogen-bond donors (Lipinski definition) is 0. The molecule has 15 nitrogen and oxygen atoms in total. The van der Waals surface area contributed by atoms with E-state index in [0.717, 1.165) is 56.7 Å². The number of nitrogens with zero attached hydrogens (tertiary/aromatic N) is 7. The molecule has 0 saturated carbocycles. The summed E-state index contributed by atoms with van der Waals surface area (Å²) in [5, 5.41) is 23.8. The average molecular weight is 1050 g/mol. The van der Waals surface area contributed by atoms with E-state index in [0.29, 0.717) is 35.5 Å². The monoisotopic (exact) mass is 1050 g/mol. The van der Waals surface area contributed by atoms with E-state index in [1.807, 2.05) is 20.8 Å². The van der Waals surface area contributed by atoms with E-state index < -0.39 is 22.7 Å². The summed E-state index contributed by atoms with van der Waals surface area (Å²) in [6, 6.07) is 8.98. The van der Waals surface area contributed by atoms with Gasteiger partial charge in [0.15, 0.2) is 10.1 Å². The zero-order valence-electron chi connectivity index (χ0n) is 42.5. The van der Waals surface area contributed by atoms with Gasteiger partial charge in [0, 0.05) is 62.1 Å². The molecule has 0 spiro atoms. The first-order valence-electron chi connectivity index (χ1n) is 22.8. The Labute approximate surface area is 407 Å². The number of halogens is 3. The quantitative estimate of drug-likeness (QED) is 0.0856. The first-order valence-corrected chi connectivity index (χ1v) is 24.2. The summed E-state index contributed by atoms with van der Waals surface area (Å²) in [6.07, 6.45) is 7.67. The molecule has 0 aromatic carbocycles. The number of ether oxygens (including phenoxy) is 3. The van der Waals surface area contributed by atoms with Gasteiger partial charge in [0.2, 0.25) is 0 Å². The van der Waals surface area contributed by atoms with Crippen molar-refractivity contribution in [3.05, 3.63) is 52.4 Å². The molecule has 0 bridgehead atoms. The molecule has 0 atom stereocenters. The number of rotatable bonds is 9. The molecular weight excluding hydrogens is 967 g/mol. The van der Waals surface area contributed by atoms with Crippen molar-refractivity contribution < 1.29 is 70.8 Å². The van der Waals surface area contributed by atoms with Gasteiger partial charge < -0.3 is 43.5 Å². The van der Waals surface area contributed by atoms with Gasteiger partial charge in [0.25, 0.3) is 0 Å². The Morgan fingerprint density at radius 2 is 0.773 bits per heavy atom. The van der Waals surface area contributed by atoms with Crippen LogP contribution in [0.2, 0.25) is 0 Å². The minimum Gasteiger partial charge on any atom is -0.741 e. The number of aromatic nitrogens is 6. The van der Waals surface area contributed by atoms with Crippen LogP contribution in [0.25, 0.3) is 0 Å². The van der Waals surface area contributed by atoms with Gasteiger partial charge in [-0.05, 0) is 113 Å². The summed E-state index contributed by atoms with van der Waals surface area (Å²) < 4.78 is 80.5. The fraction of sp³-hybridized carbons (Fsp3) is 0.778. The zero-order chi connectivity index (χ0) is 48.3. The molecule has 0 radical (unpaired) electrons. The van der Waals surface area contributed by atoms with Crippen molar-refractivity contribution in [3.63, 3.8) is 0 Å². The zero-order valence-corrected chi connectivity index (χ0v) is 45.1. The Morgan fingerprint density at radius 1 is 0.576 bits per heavy atom. The fourth-order valence-corrected chi connectivity index (χ4v) is 6.19. The van der Waals surface area contributed by atoms with E-state index >= 15 is 0 Å². The number of nitriles is 1. The third-order valence-corrected chi connectivity index (χ3v) is 10.5. The van der Waals surface area contributed by atoms with Gasteiger partial charge in [-0.3, -0.25) is 0 Å². The molecule has 3 aromatic heterocycles. The second-order valence-electron chi connectivity index (χ2n) is 19.1. The molecule has 6 N–H and O–H groups in total. The van der Waals surface area contributed by atoms with Gasteiger partial charge in [-0.15, -0.1) is 0 Å². The largest absolute Gasteiger partial charge is 2.00 e. The summed E-state index contributed by atoms with van der Waals surface area (Å²) >= 11 is 0. The first kappa shape index (κ1) is 67.6. The van der Waals surface area contributed by atoms with E-state index in [-0.39, 0.29) is 35.8 Å². The van der Waals surface area contributed by atoms with E-state index in [2.05, 4.69) is 121 Å². The summed E-state index contributed by atoms with van der Waals surface area (Å²) in [7, 11) is -7.55. The van der Waals surface area contributed by atoms with Crippen LogP contribution in [0.5, 0.6) is 0 Å². The predicted molar refractivity (Wildman–Crippen MR) is 255 cm³/mol. The second-order valence-corrected chi connectivity index (χ2v) is 20.4. The molecule has 21 heteroatoms. The van der Waals surface area contributed by atoms with E-state index in [1.165, 1.54) is 55.6 Å². The molecule has 3 aromatic rings. The Bertz CT molecular complexity index is 1710. The molecule has 0 aliphatic carbocycles. The van der Waals surface area contributed by atoms with Gasteiger partial charge in [-0.1, -0.05) is 83.1 Å². The van der Waals surface area contributed by atoms with E-state index in [9.17, 15) is 13.2 Å². The van der Waals surface area contributed by atoms with Crippen LogP contribution in [0.3, 0.4) is 0 Å². The van der Waals surface area contributed by atoms with Crippen LogP contribution in [-0.4, -0.2) is 94.3 Å². The van der Waals surface area contributed by atoms with E-state index in [1.54, 1.807) is 0 Å². The third-order valence-electron chi connectivity index (χ3n) is 9.94. The summed E-state index contributed by atoms with van der Waals surface area (Å²) in [4.78, 5) is 0. The molecule has 0 amide bonds. The average Bonchev–Trinajstić information content (AvgIpc) is 4.04. The van der Waals surface area contributed by atoms with Crippen molar-refractivity contribution in [2.45, 2.75) is 183 Å². The van der Waals surface area contributed by atoms with E-state index in [4.69, 9.17) is 47.7 Å². The molecule has 6 heterocycles. The van der Waals surface area contributed by atoms with Crippen LogP contribution < -0.4 is 0 Å². The predicted octanol–water partition coefficient (Wildman–Crippen LogP) is 8.83. The molecular formula is C45H85BF3N7O8RuS+2. The SMILES string of the molecule is C1CCOC1.C1CCOC1.C1CCOC1.CC(C)(C)C#N.CC(C)c1cc(C(C)C)n([BH-](n2nc(C(C)C)cc2C(C)C)n2nc(C(C)C)cc2C(C)C)n1.O=S(=O)([O-])C(F)(F)F.[OH3+].[OH3+].[Ru+2]. The summed E-state index contributed by atoms with van der Waals surface area (Å²) in [5.74, 6) is 2.13. The van der Waals surface area contributed by atoms with Gasteiger partial charge in [-0.2, -0.15) is 18.4 Å². The molecule has 6 rings (SSSR count). The Kier molecular flexibility index (Phi) is 33.0. The standard InChI is InChI=1S/C27H46BN6.C5H9N.3C4H8O.CHF3O3S.2H2O.Ru/c1-16(2)22-13-25(19(7)8)32(29-22)28(33-26(20(9)10)14-23(30-33)17(3)4)34-27(21(11)12)15-24(31-34)18(5)6;1-5(2,3)4-6;3*1-2-4-5-3-1;2-1(3,4)8(5,6)7;;;/h13-21,28H,1-12H3;1-3H3;3*1-4H2;(H,5,6,7);2*1H2;/q-1;;;;;;;;+2/p+1. The Hall–Kier alpha value is -2.69. The van der Waals surface area contributed by atoms with Gasteiger partial charge in [-0.25, -0.2) is 23.7 Å². The maximum atomic E-state index is 10.7. The minimum atomic E-state index is -6.09. The minimum absolute atomic E-state index is 0. The van der Waals surface area contributed by atoms with Gasteiger partial charge in [0.05, 0.1) is 23.2 Å². The van der Waals surface area contributed by atoms with Crippen LogP contribution in [0.4, 0.5) is 13.2 Å². The van der Waals surface area contributed by atoms with Crippen molar-refractivity contribution in [2.24, 2.45) is 5.41 Å². The fourth-order valence-electron chi connectivity index (χ4n) is 6.19. The third kappa shape index (κ3) is 24.0. The van der Waals surface area contributed by atoms with Crippen molar-refractivity contribution >= 4 is 17.2 Å². The van der Waals surface area contributed by atoms with Crippen LogP contribution in [0, 0.1) is 16.7 Å². The molecule has 3 saturated heterocycles. The van der Waals surface area contributed by atoms with Crippen LogP contribution in [0.15, 0.2) is 18.2 Å². The number of alkyl halides is 3. The molecule has 66 heavy (non-hydrogen) atoms. The van der Waals surface area contributed by atoms with Crippen LogP contribution >= 0.6 is 0 Å². The molecule has 384 valence electrons. The maximum absolute atomic E-state index is 10.7. The molecule has 0 unspecified atom stereocenters. The van der Waals surface area contributed by atoms with Crippen molar-refractivity contribution in [2.75, 3.05) is 39.6 Å². The first-order chi connectivity index (χ1) is 29.1. The Morgan fingerprint density at radius 3 is 0.879 bits per heavy atom. The van der Waals surface area contributed by atoms with Crippen LogP contribution in [0.1, 0.15) is 212 Å². The summed E-state index contributed by atoms with van der Waals surface area (Å²) in [6.45, 7) is 38.5. The summed E-state index contributed by atoms with van der Waals surface area (Å²) in [5.41, 5.74) is 1.33. The van der Waals surface area contributed by atoms with Gasteiger partial charge in [0.1, 0.15) is 0 Å². The molecule has 3 aliphatic heterocycles. The number of hydrogen-bond acceptors (Lipinski definition) is 10. The van der Waals surface area contributed by atoms with Gasteiger partial charge >= 0.3 is 32.1 Å². The molecule has 3 fully saturated rings. The Balaban J connectivity index is -0.000000992. The van der Waals surface area contributed by atoms with Crippen molar-refractivity contribution in [3.8, 4) is 6.07 Å². The second kappa shape index (κ2) is 32.2. The smallest absolute Gasteiger partial charge is 0.741 e. The molecule has 3 aliphatic rings. The van der Waals surface area contributed by atoms with Crippen molar-refractivity contribution in [1.82, 2.24) is 29.1 Å². The normalized spacial score (nSPS) is 14.7. The topological polar surface area (TPSA) is 228 Å². The maximum Gasteiger partial charge on any atom is 2.00 e. The van der Waals surface area contributed by atoms with Crippen molar-refractivity contribution in [1.29, 1.82) is 5.26 Å².